The fraction of sp³-hybridized carbons (Fsp3) is 0.800. The molecule has 0 aliphatic carbocycles. The van der Waals surface area contributed by atoms with Crippen LogP contribution in [0.1, 0.15) is 18.7 Å². The molecule has 0 amide bonds. The van der Waals surface area contributed by atoms with Crippen LogP contribution in [0.4, 0.5) is 0 Å². The molecule has 0 bridgehead atoms. The second-order valence-electron chi connectivity index (χ2n) is 4.03. The normalized spacial score (nSPS) is 17.4. The largest absolute Gasteiger partial charge is 0.309 e. The van der Waals surface area contributed by atoms with E-state index in [0.717, 1.165) is 25.5 Å². The summed E-state index contributed by atoms with van der Waals surface area (Å²) in [4.78, 5) is 6.66. The Bertz CT molecular complexity index is 290. The summed E-state index contributed by atoms with van der Waals surface area (Å²) in [5.41, 5.74) is 0. The molecule has 0 aromatic carbocycles. The first-order chi connectivity index (χ1) is 7.36. The Hall–Kier alpha value is -0.940. The molecular weight excluding hydrogens is 190 g/mol. The van der Waals surface area contributed by atoms with Gasteiger partial charge < -0.3 is 10.2 Å². The Kier molecular flexibility index (Phi) is 3.69. The second-order valence-corrected chi connectivity index (χ2v) is 4.03. The van der Waals surface area contributed by atoms with Gasteiger partial charge >= 0.3 is 0 Å². The molecule has 0 unspecified atom stereocenters. The van der Waals surface area contributed by atoms with E-state index in [0.29, 0.717) is 0 Å². The van der Waals surface area contributed by atoms with Gasteiger partial charge in [-0.25, -0.2) is 4.98 Å². The number of hydrogen-bond donors (Lipinski definition) is 1. The van der Waals surface area contributed by atoms with Crippen molar-refractivity contribution in [2.24, 2.45) is 7.05 Å². The molecule has 1 N–H and O–H groups in total. The molecule has 1 aromatic rings. The summed E-state index contributed by atoms with van der Waals surface area (Å²) in [6.45, 7) is 5.53. The van der Waals surface area contributed by atoms with Gasteiger partial charge in [-0.2, -0.15) is 5.10 Å². The van der Waals surface area contributed by atoms with Crippen LogP contribution < -0.4 is 5.32 Å². The van der Waals surface area contributed by atoms with E-state index in [-0.39, 0.29) is 0 Å². The third-order valence-corrected chi connectivity index (χ3v) is 2.89. The van der Waals surface area contributed by atoms with Crippen LogP contribution in [0.15, 0.2) is 6.33 Å². The van der Waals surface area contributed by atoms with E-state index in [9.17, 15) is 0 Å². The van der Waals surface area contributed by atoms with Gasteiger partial charge in [0.15, 0.2) is 0 Å². The highest BCUT2D eigenvalue weighted by Crippen LogP contribution is 2.05. The van der Waals surface area contributed by atoms with Gasteiger partial charge in [0, 0.05) is 20.1 Å². The smallest absolute Gasteiger partial charge is 0.140 e. The maximum Gasteiger partial charge on any atom is 0.140 e. The fourth-order valence-electron chi connectivity index (χ4n) is 1.92. The summed E-state index contributed by atoms with van der Waals surface area (Å²) < 4.78 is 1.81. The van der Waals surface area contributed by atoms with Gasteiger partial charge in [0.25, 0.3) is 0 Å². The number of hydrogen-bond acceptors (Lipinski definition) is 4. The minimum Gasteiger partial charge on any atom is -0.309 e. The Balaban J connectivity index is 1.60. The Morgan fingerprint density at radius 3 is 2.87 bits per heavy atom. The van der Waals surface area contributed by atoms with Crippen molar-refractivity contribution in [2.75, 3.05) is 26.2 Å². The third kappa shape index (κ3) is 3.00. The van der Waals surface area contributed by atoms with E-state index >= 15 is 0 Å². The Morgan fingerprint density at radius 1 is 1.40 bits per heavy atom. The lowest BCUT2D eigenvalue weighted by Gasteiger charge is -2.14. The summed E-state index contributed by atoms with van der Waals surface area (Å²) >= 11 is 0. The lowest BCUT2D eigenvalue weighted by atomic mass is 10.4. The van der Waals surface area contributed by atoms with Gasteiger partial charge in [0.2, 0.25) is 0 Å². The zero-order valence-electron chi connectivity index (χ0n) is 9.32. The monoisotopic (exact) mass is 209 g/mol. The van der Waals surface area contributed by atoms with Crippen LogP contribution in [0.2, 0.25) is 0 Å². The van der Waals surface area contributed by atoms with Gasteiger partial charge in [0.05, 0.1) is 6.54 Å². The second kappa shape index (κ2) is 5.23. The Labute approximate surface area is 90.5 Å². The first-order valence-electron chi connectivity index (χ1n) is 5.62. The fourth-order valence-corrected chi connectivity index (χ4v) is 1.92. The van der Waals surface area contributed by atoms with Gasteiger partial charge in [-0.3, -0.25) is 4.68 Å². The van der Waals surface area contributed by atoms with Crippen LogP contribution in [-0.4, -0.2) is 45.8 Å². The average Bonchev–Trinajstić information content (AvgIpc) is 2.85. The van der Waals surface area contributed by atoms with E-state index in [4.69, 9.17) is 0 Å². The van der Waals surface area contributed by atoms with Crippen LogP contribution in [0.5, 0.6) is 0 Å². The van der Waals surface area contributed by atoms with Crippen molar-refractivity contribution in [2.45, 2.75) is 19.4 Å². The lowest BCUT2D eigenvalue weighted by molar-refractivity contribution is 0.334. The number of nitrogens with one attached hydrogen (secondary N) is 1. The highest BCUT2D eigenvalue weighted by atomic mass is 15.3. The molecule has 5 nitrogen and oxygen atoms in total. The van der Waals surface area contributed by atoms with E-state index < -0.39 is 0 Å². The average molecular weight is 209 g/mol. The van der Waals surface area contributed by atoms with Crippen molar-refractivity contribution >= 4 is 0 Å². The SMILES string of the molecule is Cn1ncnc1CNCCN1CCCC1. The van der Waals surface area contributed by atoms with Gasteiger partial charge in [-0.05, 0) is 25.9 Å². The van der Waals surface area contributed by atoms with Gasteiger partial charge in [-0.15, -0.1) is 0 Å². The summed E-state index contributed by atoms with van der Waals surface area (Å²) in [6, 6.07) is 0. The zero-order chi connectivity index (χ0) is 10.5. The predicted octanol–water partition coefficient (Wildman–Crippen LogP) is 0.000500. The first kappa shape index (κ1) is 10.6. The molecule has 15 heavy (non-hydrogen) atoms. The molecular formula is C10H19N5. The molecule has 0 spiro atoms. The molecule has 1 aliphatic heterocycles. The highest BCUT2D eigenvalue weighted by molar-refractivity contribution is 4.82. The van der Waals surface area contributed by atoms with Crippen molar-refractivity contribution in [3.8, 4) is 0 Å². The molecule has 1 fully saturated rings. The number of aryl methyl sites for hydroxylation is 1. The lowest BCUT2D eigenvalue weighted by Crippen LogP contribution is -2.30. The number of likely N-dealkylation sites (tertiary alicyclic amines) is 1. The molecule has 2 rings (SSSR count). The van der Waals surface area contributed by atoms with E-state index in [1.165, 1.54) is 25.9 Å². The van der Waals surface area contributed by atoms with Gasteiger partial charge in [0.1, 0.15) is 12.2 Å². The van der Waals surface area contributed by atoms with Crippen molar-refractivity contribution in [1.82, 2.24) is 25.0 Å². The summed E-state index contributed by atoms with van der Waals surface area (Å²) in [5.74, 6) is 0.997. The van der Waals surface area contributed by atoms with E-state index in [1.54, 1.807) is 6.33 Å². The van der Waals surface area contributed by atoms with Crippen molar-refractivity contribution in [1.29, 1.82) is 0 Å². The maximum atomic E-state index is 4.16. The number of aromatic nitrogens is 3. The van der Waals surface area contributed by atoms with Crippen LogP contribution in [0.25, 0.3) is 0 Å². The standard InChI is InChI=1S/C10H19N5/c1-14-10(12-9-13-14)8-11-4-7-15-5-2-3-6-15/h9,11H,2-8H2,1H3. The molecule has 0 saturated carbocycles. The van der Waals surface area contributed by atoms with Crippen molar-refractivity contribution in [3.05, 3.63) is 12.2 Å². The number of rotatable bonds is 5. The van der Waals surface area contributed by atoms with Gasteiger partial charge in [-0.1, -0.05) is 0 Å². The van der Waals surface area contributed by atoms with E-state index in [1.807, 2.05) is 11.7 Å². The van der Waals surface area contributed by atoms with E-state index in [2.05, 4.69) is 20.3 Å². The molecule has 5 heteroatoms. The molecule has 1 aromatic heterocycles. The topological polar surface area (TPSA) is 46.0 Å². The van der Waals surface area contributed by atoms with Crippen molar-refractivity contribution < 1.29 is 0 Å². The van der Waals surface area contributed by atoms with Crippen LogP contribution in [0, 0.1) is 0 Å². The summed E-state index contributed by atoms with van der Waals surface area (Å²) in [6.07, 6.45) is 4.32. The van der Waals surface area contributed by atoms with Crippen LogP contribution >= 0.6 is 0 Å². The summed E-state index contributed by atoms with van der Waals surface area (Å²) in [7, 11) is 1.92. The third-order valence-electron chi connectivity index (χ3n) is 2.89. The molecule has 0 atom stereocenters. The molecule has 0 radical (unpaired) electrons. The van der Waals surface area contributed by atoms with Crippen LogP contribution in [0.3, 0.4) is 0 Å². The summed E-state index contributed by atoms with van der Waals surface area (Å²) in [5, 5.41) is 7.42. The quantitative estimate of drug-likeness (QED) is 0.693. The highest BCUT2D eigenvalue weighted by Gasteiger charge is 2.10. The Morgan fingerprint density at radius 2 is 2.20 bits per heavy atom. The zero-order valence-corrected chi connectivity index (χ0v) is 9.32. The molecule has 84 valence electrons. The predicted molar refractivity (Wildman–Crippen MR) is 58.4 cm³/mol. The maximum absolute atomic E-state index is 4.16. The number of nitrogens with zero attached hydrogens (tertiary/aromatic N) is 4. The molecule has 2 heterocycles. The molecule has 1 saturated heterocycles. The van der Waals surface area contributed by atoms with Crippen molar-refractivity contribution in [3.63, 3.8) is 0 Å². The minimum atomic E-state index is 0.810. The van der Waals surface area contributed by atoms with Crippen LogP contribution in [-0.2, 0) is 13.6 Å². The molecule has 1 aliphatic rings. The first-order valence-corrected chi connectivity index (χ1v) is 5.62. The minimum absolute atomic E-state index is 0.810.